The number of likely N-dealkylation sites (tertiary alicyclic amines) is 2. The van der Waals surface area contributed by atoms with Gasteiger partial charge in [0, 0.05) is 37.7 Å². The molecule has 2 N–H and O–H groups in total. The van der Waals surface area contributed by atoms with Gasteiger partial charge in [-0.25, -0.2) is 4.79 Å². The zero-order valence-corrected chi connectivity index (χ0v) is 15.5. The summed E-state index contributed by atoms with van der Waals surface area (Å²) in [6, 6.07) is 9.68. The SMILES string of the molecule is CN1CCC(NC(=O)c2ccccc2)C1.CN1CCC2(CNC(=O)O2)C1. The van der Waals surface area contributed by atoms with E-state index in [1.54, 1.807) is 0 Å². The zero-order valence-electron chi connectivity index (χ0n) is 15.5. The molecular formula is C19H28N4O3. The number of amides is 2. The van der Waals surface area contributed by atoms with Crippen LogP contribution < -0.4 is 10.6 Å². The first-order chi connectivity index (χ1) is 12.5. The van der Waals surface area contributed by atoms with Crippen LogP contribution in [-0.4, -0.2) is 80.3 Å². The van der Waals surface area contributed by atoms with Crippen LogP contribution >= 0.6 is 0 Å². The summed E-state index contributed by atoms with van der Waals surface area (Å²) < 4.78 is 5.19. The summed E-state index contributed by atoms with van der Waals surface area (Å²) in [5.74, 6) is 0.0379. The summed E-state index contributed by atoms with van der Waals surface area (Å²) in [7, 11) is 4.12. The number of rotatable bonds is 2. The molecule has 0 radical (unpaired) electrons. The van der Waals surface area contributed by atoms with Crippen molar-refractivity contribution in [1.29, 1.82) is 0 Å². The van der Waals surface area contributed by atoms with Gasteiger partial charge in [-0.2, -0.15) is 0 Å². The van der Waals surface area contributed by atoms with Gasteiger partial charge >= 0.3 is 6.09 Å². The van der Waals surface area contributed by atoms with E-state index in [-0.39, 0.29) is 17.6 Å². The highest BCUT2D eigenvalue weighted by Gasteiger charge is 2.44. The second-order valence-corrected chi connectivity index (χ2v) is 7.50. The molecule has 4 rings (SSSR count). The molecule has 2 amide bonds. The molecular weight excluding hydrogens is 332 g/mol. The van der Waals surface area contributed by atoms with E-state index in [0.29, 0.717) is 12.6 Å². The largest absolute Gasteiger partial charge is 0.440 e. The fraction of sp³-hybridized carbons (Fsp3) is 0.579. The highest BCUT2D eigenvalue weighted by Crippen LogP contribution is 2.26. The third-order valence-electron chi connectivity index (χ3n) is 5.13. The molecule has 7 nitrogen and oxygen atoms in total. The molecule has 142 valence electrons. The Kier molecular flexibility index (Phi) is 5.78. The molecule has 0 saturated carbocycles. The van der Waals surface area contributed by atoms with Crippen LogP contribution in [0.2, 0.25) is 0 Å². The van der Waals surface area contributed by atoms with Crippen molar-refractivity contribution in [3.05, 3.63) is 35.9 Å². The predicted molar refractivity (Wildman–Crippen MR) is 99.1 cm³/mol. The number of nitrogens with one attached hydrogen (secondary N) is 2. The number of carbonyl (C=O) groups is 2. The first-order valence-corrected chi connectivity index (χ1v) is 9.16. The lowest BCUT2D eigenvalue weighted by molar-refractivity contribution is 0.0658. The van der Waals surface area contributed by atoms with Crippen molar-refractivity contribution < 1.29 is 14.3 Å². The van der Waals surface area contributed by atoms with Gasteiger partial charge in [0.2, 0.25) is 0 Å². The minimum absolute atomic E-state index is 0.0379. The van der Waals surface area contributed by atoms with E-state index in [9.17, 15) is 9.59 Å². The van der Waals surface area contributed by atoms with Crippen molar-refractivity contribution in [1.82, 2.24) is 20.4 Å². The minimum atomic E-state index is -0.264. The van der Waals surface area contributed by atoms with Crippen LogP contribution in [0.1, 0.15) is 23.2 Å². The average Bonchev–Trinajstić information content (AvgIpc) is 3.31. The van der Waals surface area contributed by atoms with Gasteiger partial charge in [-0.05, 0) is 39.2 Å². The molecule has 0 bridgehead atoms. The predicted octanol–water partition coefficient (Wildman–Crippen LogP) is 0.921. The van der Waals surface area contributed by atoms with Crippen LogP contribution in [0.3, 0.4) is 0 Å². The molecule has 26 heavy (non-hydrogen) atoms. The van der Waals surface area contributed by atoms with Crippen LogP contribution in [0.5, 0.6) is 0 Å². The Morgan fingerprint density at radius 3 is 2.54 bits per heavy atom. The molecule has 3 saturated heterocycles. The highest BCUT2D eigenvalue weighted by molar-refractivity contribution is 5.94. The third-order valence-corrected chi connectivity index (χ3v) is 5.13. The standard InChI is InChI=1S/C12H16N2O.C7H12N2O2/c1-14-8-7-11(9-14)13-12(15)10-5-3-2-4-6-10;1-9-3-2-7(5-9)4-8-6(10)11-7/h2-6,11H,7-9H2,1H3,(H,13,15);2-5H2,1H3,(H,8,10). The minimum Gasteiger partial charge on any atom is -0.440 e. The number of nitrogens with zero attached hydrogens (tertiary/aromatic N) is 2. The first kappa shape index (κ1) is 18.7. The molecule has 3 fully saturated rings. The summed E-state index contributed by atoms with van der Waals surface area (Å²) >= 11 is 0. The van der Waals surface area contributed by atoms with E-state index in [0.717, 1.165) is 44.6 Å². The summed E-state index contributed by atoms with van der Waals surface area (Å²) in [6.45, 7) is 4.59. The van der Waals surface area contributed by atoms with E-state index in [4.69, 9.17) is 4.74 Å². The maximum Gasteiger partial charge on any atom is 0.407 e. The van der Waals surface area contributed by atoms with Crippen molar-refractivity contribution in [2.24, 2.45) is 0 Å². The number of alkyl carbamates (subject to hydrolysis) is 1. The molecule has 1 aromatic rings. The van der Waals surface area contributed by atoms with E-state index >= 15 is 0 Å². The van der Waals surface area contributed by atoms with Gasteiger partial charge in [-0.1, -0.05) is 18.2 Å². The fourth-order valence-corrected chi connectivity index (χ4v) is 3.69. The van der Waals surface area contributed by atoms with Crippen LogP contribution in [-0.2, 0) is 4.74 Å². The Bertz CT molecular complexity index is 639. The third kappa shape index (κ3) is 4.74. The van der Waals surface area contributed by atoms with Crippen molar-refractivity contribution in [2.75, 3.05) is 46.8 Å². The zero-order chi connectivity index (χ0) is 18.6. The molecule has 1 aromatic carbocycles. The monoisotopic (exact) mass is 360 g/mol. The van der Waals surface area contributed by atoms with Crippen molar-refractivity contribution >= 4 is 12.0 Å². The lowest BCUT2D eigenvalue weighted by Crippen LogP contribution is -2.36. The van der Waals surface area contributed by atoms with Gasteiger partial charge < -0.3 is 25.2 Å². The molecule has 2 unspecified atom stereocenters. The second-order valence-electron chi connectivity index (χ2n) is 7.50. The first-order valence-electron chi connectivity index (χ1n) is 9.16. The molecule has 7 heteroatoms. The number of likely N-dealkylation sites (N-methyl/N-ethyl adjacent to an activating group) is 2. The summed E-state index contributed by atoms with van der Waals surface area (Å²) in [5.41, 5.74) is 0.540. The number of carbonyl (C=O) groups excluding carboxylic acids is 2. The molecule has 3 aliphatic heterocycles. The van der Waals surface area contributed by atoms with Gasteiger partial charge in [0.05, 0.1) is 6.54 Å². The number of hydrogen-bond donors (Lipinski definition) is 2. The van der Waals surface area contributed by atoms with Crippen molar-refractivity contribution in [2.45, 2.75) is 24.5 Å². The number of ether oxygens (including phenoxy) is 1. The molecule has 2 atom stereocenters. The summed E-state index contributed by atoms with van der Waals surface area (Å²) in [6.07, 6.45) is 1.75. The van der Waals surface area contributed by atoms with Crippen LogP contribution in [0.4, 0.5) is 4.79 Å². The van der Waals surface area contributed by atoms with Gasteiger partial charge in [-0.3, -0.25) is 4.79 Å². The van der Waals surface area contributed by atoms with Gasteiger partial charge in [0.1, 0.15) is 5.60 Å². The van der Waals surface area contributed by atoms with Gasteiger partial charge in [0.25, 0.3) is 5.91 Å². The summed E-state index contributed by atoms with van der Waals surface area (Å²) in [5, 5.41) is 5.73. The number of benzene rings is 1. The van der Waals surface area contributed by atoms with Gasteiger partial charge in [0.15, 0.2) is 0 Å². The molecule has 3 heterocycles. The Morgan fingerprint density at radius 1 is 1.23 bits per heavy atom. The quantitative estimate of drug-likeness (QED) is 0.821. The lowest BCUT2D eigenvalue weighted by atomic mass is 10.0. The Hall–Kier alpha value is -2.12. The van der Waals surface area contributed by atoms with Crippen molar-refractivity contribution in [3.63, 3.8) is 0 Å². The average molecular weight is 360 g/mol. The highest BCUT2D eigenvalue weighted by atomic mass is 16.6. The van der Waals surface area contributed by atoms with Crippen LogP contribution in [0, 0.1) is 0 Å². The summed E-state index contributed by atoms with van der Waals surface area (Å²) in [4.78, 5) is 26.9. The Balaban J connectivity index is 0.000000158. The normalized spacial score (nSPS) is 28.4. The van der Waals surface area contributed by atoms with Crippen LogP contribution in [0.15, 0.2) is 30.3 Å². The number of hydrogen-bond acceptors (Lipinski definition) is 5. The van der Waals surface area contributed by atoms with Crippen LogP contribution in [0.25, 0.3) is 0 Å². The smallest absolute Gasteiger partial charge is 0.407 e. The van der Waals surface area contributed by atoms with E-state index in [1.807, 2.05) is 37.4 Å². The lowest BCUT2D eigenvalue weighted by Gasteiger charge is -2.19. The molecule has 3 aliphatic rings. The van der Waals surface area contributed by atoms with E-state index < -0.39 is 0 Å². The molecule has 1 spiro atoms. The Morgan fingerprint density at radius 2 is 2.00 bits per heavy atom. The second kappa shape index (κ2) is 8.05. The molecule has 0 aromatic heterocycles. The maximum atomic E-state index is 11.8. The maximum absolute atomic E-state index is 11.8. The van der Waals surface area contributed by atoms with E-state index in [2.05, 4.69) is 27.5 Å². The molecule has 0 aliphatic carbocycles. The Labute approximate surface area is 154 Å². The van der Waals surface area contributed by atoms with E-state index in [1.165, 1.54) is 0 Å². The van der Waals surface area contributed by atoms with Crippen molar-refractivity contribution in [3.8, 4) is 0 Å². The topological polar surface area (TPSA) is 73.9 Å². The fourth-order valence-electron chi connectivity index (χ4n) is 3.69. The van der Waals surface area contributed by atoms with Gasteiger partial charge in [-0.15, -0.1) is 0 Å².